The van der Waals surface area contributed by atoms with Crippen LogP contribution >= 0.6 is 0 Å². The number of benzene rings is 2. The first-order chi connectivity index (χ1) is 11.9. The molecule has 0 radical (unpaired) electrons. The Kier molecular flexibility index (Phi) is 6.45. The SMILES string of the molecule is CCC(C)Oc1ccc(NC(=O)CNc2c(C)cc(C)cc2C)cc1. The van der Waals surface area contributed by atoms with Crippen molar-refractivity contribution in [3.8, 4) is 5.75 Å². The Morgan fingerprint density at radius 3 is 2.24 bits per heavy atom. The van der Waals surface area contributed by atoms with E-state index in [1.54, 1.807) is 0 Å². The first-order valence-electron chi connectivity index (χ1n) is 8.77. The van der Waals surface area contributed by atoms with Crippen LogP contribution in [0.1, 0.15) is 37.0 Å². The van der Waals surface area contributed by atoms with Crippen molar-refractivity contribution in [2.75, 3.05) is 17.2 Å². The number of rotatable bonds is 7. The fourth-order valence-electron chi connectivity index (χ4n) is 2.77. The van der Waals surface area contributed by atoms with Crippen molar-refractivity contribution in [1.29, 1.82) is 0 Å². The molecule has 0 spiro atoms. The molecular weight excluding hydrogens is 312 g/mol. The summed E-state index contributed by atoms with van der Waals surface area (Å²) in [7, 11) is 0. The van der Waals surface area contributed by atoms with Gasteiger partial charge in [-0.3, -0.25) is 4.79 Å². The summed E-state index contributed by atoms with van der Waals surface area (Å²) in [5, 5.41) is 6.14. The Balaban J connectivity index is 1.90. The van der Waals surface area contributed by atoms with Gasteiger partial charge in [0, 0.05) is 11.4 Å². The zero-order valence-corrected chi connectivity index (χ0v) is 15.8. The van der Waals surface area contributed by atoms with Crippen LogP contribution in [0, 0.1) is 20.8 Å². The van der Waals surface area contributed by atoms with Gasteiger partial charge < -0.3 is 15.4 Å². The largest absolute Gasteiger partial charge is 0.491 e. The summed E-state index contributed by atoms with van der Waals surface area (Å²) in [5.74, 6) is 0.742. The molecule has 2 aromatic rings. The van der Waals surface area contributed by atoms with Gasteiger partial charge in [-0.25, -0.2) is 0 Å². The summed E-state index contributed by atoms with van der Waals surface area (Å²) >= 11 is 0. The van der Waals surface area contributed by atoms with E-state index in [1.807, 2.05) is 31.2 Å². The van der Waals surface area contributed by atoms with E-state index in [9.17, 15) is 4.79 Å². The van der Waals surface area contributed by atoms with Gasteiger partial charge in [0.15, 0.2) is 0 Å². The highest BCUT2D eigenvalue weighted by Gasteiger charge is 2.07. The second-order valence-corrected chi connectivity index (χ2v) is 6.54. The molecule has 1 atom stereocenters. The van der Waals surface area contributed by atoms with Gasteiger partial charge >= 0.3 is 0 Å². The molecule has 0 bridgehead atoms. The number of ether oxygens (including phenoxy) is 1. The molecule has 0 aliphatic carbocycles. The van der Waals surface area contributed by atoms with E-state index in [0.717, 1.165) is 34.7 Å². The summed E-state index contributed by atoms with van der Waals surface area (Å²) in [5.41, 5.74) is 5.32. The summed E-state index contributed by atoms with van der Waals surface area (Å²) in [4.78, 5) is 12.2. The molecule has 0 fully saturated rings. The summed E-state index contributed by atoms with van der Waals surface area (Å²) < 4.78 is 5.74. The average Bonchev–Trinajstić information content (AvgIpc) is 2.55. The first-order valence-corrected chi connectivity index (χ1v) is 8.77. The van der Waals surface area contributed by atoms with E-state index in [1.165, 1.54) is 5.56 Å². The lowest BCUT2D eigenvalue weighted by atomic mass is 10.1. The maximum absolute atomic E-state index is 12.2. The zero-order chi connectivity index (χ0) is 18.4. The fraction of sp³-hybridized carbons (Fsp3) is 0.381. The molecule has 25 heavy (non-hydrogen) atoms. The van der Waals surface area contributed by atoms with Gasteiger partial charge in [-0.05, 0) is 69.5 Å². The third-order valence-corrected chi connectivity index (χ3v) is 4.15. The second kappa shape index (κ2) is 8.56. The number of amides is 1. The minimum atomic E-state index is -0.0741. The van der Waals surface area contributed by atoms with Crippen LogP contribution < -0.4 is 15.4 Å². The van der Waals surface area contributed by atoms with Crippen LogP contribution in [0.2, 0.25) is 0 Å². The summed E-state index contributed by atoms with van der Waals surface area (Å²) in [6, 6.07) is 11.7. The van der Waals surface area contributed by atoms with Gasteiger partial charge in [-0.1, -0.05) is 24.6 Å². The number of nitrogens with one attached hydrogen (secondary N) is 2. The van der Waals surface area contributed by atoms with E-state index in [2.05, 4.69) is 50.5 Å². The van der Waals surface area contributed by atoms with E-state index >= 15 is 0 Å². The van der Waals surface area contributed by atoms with Crippen molar-refractivity contribution in [1.82, 2.24) is 0 Å². The number of anilines is 2. The maximum Gasteiger partial charge on any atom is 0.243 e. The molecule has 0 saturated carbocycles. The van der Waals surface area contributed by atoms with Crippen LogP contribution in [0.4, 0.5) is 11.4 Å². The number of aryl methyl sites for hydroxylation is 3. The predicted octanol–water partition coefficient (Wildman–Crippen LogP) is 4.84. The third-order valence-electron chi connectivity index (χ3n) is 4.15. The molecule has 134 valence electrons. The average molecular weight is 340 g/mol. The molecule has 4 heteroatoms. The van der Waals surface area contributed by atoms with Crippen molar-refractivity contribution in [3.05, 3.63) is 53.1 Å². The lowest BCUT2D eigenvalue weighted by Crippen LogP contribution is -2.22. The number of hydrogen-bond acceptors (Lipinski definition) is 3. The van der Waals surface area contributed by atoms with Gasteiger partial charge in [-0.15, -0.1) is 0 Å². The predicted molar refractivity (Wildman–Crippen MR) is 105 cm³/mol. The van der Waals surface area contributed by atoms with Crippen molar-refractivity contribution in [2.24, 2.45) is 0 Å². The lowest BCUT2D eigenvalue weighted by Gasteiger charge is -2.14. The molecule has 1 unspecified atom stereocenters. The van der Waals surface area contributed by atoms with E-state index in [0.29, 0.717) is 0 Å². The van der Waals surface area contributed by atoms with E-state index in [4.69, 9.17) is 4.74 Å². The smallest absolute Gasteiger partial charge is 0.243 e. The monoisotopic (exact) mass is 340 g/mol. The molecule has 1 amide bonds. The second-order valence-electron chi connectivity index (χ2n) is 6.54. The first kappa shape index (κ1) is 18.8. The van der Waals surface area contributed by atoms with Crippen LogP contribution in [-0.2, 0) is 4.79 Å². The molecule has 0 aliphatic heterocycles. The minimum Gasteiger partial charge on any atom is -0.491 e. The standard InChI is InChI=1S/C21H28N2O2/c1-6-17(5)25-19-9-7-18(8-10-19)23-20(24)13-22-21-15(3)11-14(2)12-16(21)4/h7-12,17,22H,6,13H2,1-5H3,(H,23,24). The number of carbonyl (C=O) groups is 1. The Hall–Kier alpha value is -2.49. The molecule has 4 nitrogen and oxygen atoms in total. The zero-order valence-electron chi connectivity index (χ0n) is 15.8. The topological polar surface area (TPSA) is 50.4 Å². The van der Waals surface area contributed by atoms with Crippen molar-refractivity contribution in [3.63, 3.8) is 0 Å². The Morgan fingerprint density at radius 2 is 1.68 bits per heavy atom. The molecule has 0 heterocycles. The minimum absolute atomic E-state index is 0.0741. The van der Waals surface area contributed by atoms with E-state index in [-0.39, 0.29) is 18.6 Å². The van der Waals surface area contributed by atoms with Gasteiger partial charge in [-0.2, -0.15) is 0 Å². The molecular formula is C21H28N2O2. The van der Waals surface area contributed by atoms with E-state index < -0.39 is 0 Å². The highest BCUT2D eigenvalue weighted by atomic mass is 16.5. The fourth-order valence-corrected chi connectivity index (χ4v) is 2.77. The molecule has 0 aromatic heterocycles. The van der Waals surface area contributed by atoms with Gasteiger partial charge in [0.05, 0.1) is 12.6 Å². The molecule has 2 aromatic carbocycles. The Bertz CT molecular complexity index is 700. The summed E-state index contributed by atoms with van der Waals surface area (Å²) in [6.45, 7) is 10.5. The van der Waals surface area contributed by atoms with Gasteiger partial charge in [0.25, 0.3) is 0 Å². The van der Waals surface area contributed by atoms with Gasteiger partial charge in [0.1, 0.15) is 5.75 Å². The highest BCUT2D eigenvalue weighted by molar-refractivity contribution is 5.94. The Morgan fingerprint density at radius 1 is 1.08 bits per heavy atom. The van der Waals surface area contributed by atoms with Crippen LogP contribution in [0.3, 0.4) is 0 Å². The maximum atomic E-state index is 12.2. The summed E-state index contributed by atoms with van der Waals surface area (Å²) in [6.07, 6.45) is 1.15. The number of carbonyl (C=O) groups excluding carboxylic acids is 1. The van der Waals surface area contributed by atoms with Crippen molar-refractivity contribution >= 4 is 17.3 Å². The molecule has 0 saturated heterocycles. The third kappa shape index (κ3) is 5.52. The normalized spacial score (nSPS) is 11.7. The van der Waals surface area contributed by atoms with Crippen LogP contribution in [0.25, 0.3) is 0 Å². The van der Waals surface area contributed by atoms with Crippen LogP contribution in [0.15, 0.2) is 36.4 Å². The number of hydrogen-bond donors (Lipinski definition) is 2. The van der Waals surface area contributed by atoms with Crippen molar-refractivity contribution in [2.45, 2.75) is 47.1 Å². The van der Waals surface area contributed by atoms with Gasteiger partial charge in [0.2, 0.25) is 5.91 Å². The quantitative estimate of drug-likeness (QED) is 0.758. The van der Waals surface area contributed by atoms with Crippen LogP contribution in [-0.4, -0.2) is 18.6 Å². The lowest BCUT2D eigenvalue weighted by molar-refractivity contribution is -0.114. The van der Waals surface area contributed by atoms with Crippen LogP contribution in [0.5, 0.6) is 5.75 Å². The molecule has 0 aliphatic rings. The highest BCUT2D eigenvalue weighted by Crippen LogP contribution is 2.22. The molecule has 2 rings (SSSR count). The Labute approximate surface area is 150 Å². The van der Waals surface area contributed by atoms with Crippen molar-refractivity contribution < 1.29 is 9.53 Å². The molecule has 2 N–H and O–H groups in total.